The van der Waals surface area contributed by atoms with Crippen molar-refractivity contribution in [2.45, 2.75) is 6.92 Å². The largest absolute Gasteiger partial charge is 0.360 e. The van der Waals surface area contributed by atoms with Gasteiger partial charge in [0.1, 0.15) is 0 Å². The van der Waals surface area contributed by atoms with Gasteiger partial charge in [0.25, 0.3) is 0 Å². The van der Waals surface area contributed by atoms with Gasteiger partial charge >= 0.3 is 6.03 Å². The Labute approximate surface area is 149 Å². The number of amides is 2. The highest BCUT2D eigenvalue weighted by Gasteiger charge is 2.04. The van der Waals surface area contributed by atoms with Gasteiger partial charge in [-0.15, -0.1) is 0 Å². The first kappa shape index (κ1) is 16.9. The van der Waals surface area contributed by atoms with Crippen molar-refractivity contribution < 1.29 is 9.59 Å². The predicted molar refractivity (Wildman–Crippen MR) is 102 cm³/mol. The number of nitrogens with one attached hydrogen (secondary N) is 3. The van der Waals surface area contributed by atoms with Crippen LogP contribution in [0.25, 0.3) is 10.2 Å². The zero-order chi connectivity index (χ0) is 17.6. The first-order valence-corrected chi connectivity index (χ1v) is 8.69. The maximum absolute atomic E-state index is 11.9. The summed E-state index contributed by atoms with van der Waals surface area (Å²) in [5.41, 5.74) is 2.22. The van der Waals surface area contributed by atoms with Crippen molar-refractivity contribution in [2.75, 3.05) is 23.7 Å². The summed E-state index contributed by atoms with van der Waals surface area (Å²) in [6.45, 7) is 2.55. The molecule has 1 aromatic heterocycles. The van der Waals surface area contributed by atoms with Gasteiger partial charge in [0.15, 0.2) is 10.9 Å². The van der Waals surface area contributed by atoms with E-state index in [9.17, 15) is 9.59 Å². The Morgan fingerprint density at radius 2 is 1.80 bits per heavy atom. The van der Waals surface area contributed by atoms with Gasteiger partial charge in [-0.3, -0.25) is 4.79 Å². The lowest BCUT2D eigenvalue weighted by Crippen LogP contribution is -2.32. The van der Waals surface area contributed by atoms with Crippen molar-refractivity contribution in [2.24, 2.45) is 0 Å². The van der Waals surface area contributed by atoms with Crippen LogP contribution in [0, 0.1) is 0 Å². The van der Waals surface area contributed by atoms with Gasteiger partial charge in [-0.05, 0) is 43.3 Å². The zero-order valence-electron chi connectivity index (χ0n) is 13.7. The van der Waals surface area contributed by atoms with E-state index in [0.29, 0.717) is 24.3 Å². The topological polar surface area (TPSA) is 83.1 Å². The molecule has 0 saturated carbocycles. The molecule has 0 aliphatic heterocycles. The van der Waals surface area contributed by atoms with Crippen molar-refractivity contribution in [1.29, 1.82) is 0 Å². The van der Waals surface area contributed by atoms with Gasteiger partial charge in [0.05, 0.1) is 10.2 Å². The van der Waals surface area contributed by atoms with Crippen molar-refractivity contribution in [3.8, 4) is 0 Å². The average molecular weight is 354 g/mol. The number of carbonyl (C=O) groups excluding carboxylic acids is 2. The van der Waals surface area contributed by atoms with Crippen LogP contribution in [0.1, 0.15) is 17.3 Å². The molecule has 0 fully saturated rings. The maximum atomic E-state index is 11.9. The van der Waals surface area contributed by atoms with E-state index in [1.807, 2.05) is 24.3 Å². The number of carbonyl (C=O) groups is 2. The SMILES string of the molecule is CC(=O)c1ccc(NC(=O)NCCNc2nc3ccccc3s2)cc1. The molecule has 0 saturated heterocycles. The zero-order valence-corrected chi connectivity index (χ0v) is 14.5. The van der Waals surface area contributed by atoms with E-state index in [1.54, 1.807) is 35.6 Å². The van der Waals surface area contributed by atoms with E-state index in [1.165, 1.54) is 6.92 Å². The molecule has 128 valence electrons. The molecule has 0 radical (unpaired) electrons. The smallest absolute Gasteiger partial charge is 0.319 e. The van der Waals surface area contributed by atoms with Gasteiger partial charge in [-0.2, -0.15) is 0 Å². The molecule has 1 heterocycles. The van der Waals surface area contributed by atoms with Gasteiger partial charge in [-0.25, -0.2) is 9.78 Å². The monoisotopic (exact) mass is 354 g/mol. The Morgan fingerprint density at radius 1 is 1.04 bits per heavy atom. The second-order valence-electron chi connectivity index (χ2n) is 5.43. The van der Waals surface area contributed by atoms with Crippen molar-refractivity contribution in [3.63, 3.8) is 0 Å². The first-order valence-electron chi connectivity index (χ1n) is 7.87. The fraction of sp³-hybridized carbons (Fsp3) is 0.167. The number of anilines is 2. The third-order valence-electron chi connectivity index (χ3n) is 3.53. The molecule has 0 aliphatic carbocycles. The van der Waals surface area contributed by atoms with Crippen molar-refractivity contribution in [3.05, 3.63) is 54.1 Å². The number of hydrogen-bond donors (Lipinski definition) is 3. The van der Waals surface area contributed by atoms with E-state index >= 15 is 0 Å². The molecule has 3 N–H and O–H groups in total. The summed E-state index contributed by atoms with van der Waals surface area (Å²) in [5.74, 6) is -0.00285. The summed E-state index contributed by atoms with van der Waals surface area (Å²) in [6, 6.07) is 14.4. The summed E-state index contributed by atoms with van der Waals surface area (Å²) in [7, 11) is 0. The van der Waals surface area contributed by atoms with Gasteiger partial charge in [0, 0.05) is 24.3 Å². The van der Waals surface area contributed by atoms with Crippen LogP contribution >= 0.6 is 11.3 Å². The highest BCUT2D eigenvalue weighted by molar-refractivity contribution is 7.22. The Bertz CT molecular complexity index is 856. The van der Waals surface area contributed by atoms with Crippen LogP contribution in [0.4, 0.5) is 15.6 Å². The number of para-hydroxylation sites is 1. The standard InChI is InChI=1S/C18H18N4O2S/c1-12(23)13-6-8-14(9-7-13)21-17(24)19-10-11-20-18-22-15-4-2-3-5-16(15)25-18/h2-9H,10-11H2,1H3,(H,20,22)(H2,19,21,24). The Hall–Kier alpha value is -2.93. The highest BCUT2D eigenvalue weighted by Crippen LogP contribution is 2.24. The number of aromatic nitrogens is 1. The van der Waals surface area contributed by atoms with Crippen molar-refractivity contribution >= 4 is 44.2 Å². The lowest BCUT2D eigenvalue weighted by Gasteiger charge is -2.08. The van der Waals surface area contributed by atoms with E-state index < -0.39 is 0 Å². The summed E-state index contributed by atoms with van der Waals surface area (Å²) in [5, 5.41) is 9.53. The molecule has 0 unspecified atom stereocenters. The number of hydrogen-bond acceptors (Lipinski definition) is 5. The third-order valence-corrected chi connectivity index (χ3v) is 4.52. The number of benzene rings is 2. The molecular weight excluding hydrogens is 336 g/mol. The van der Waals surface area contributed by atoms with E-state index in [-0.39, 0.29) is 11.8 Å². The number of Topliss-reactive ketones (excluding diaryl/α,β-unsaturated/α-hetero) is 1. The summed E-state index contributed by atoms with van der Waals surface area (Å²) in [6.07, 6.45) is 0. The molecular formula is C18H18N4O2S. The summed E-state index contributed by atoms with van der Waals surface area (Å²) < 4.78 is 1.13. The number of fused-ring (bicyclic) bond motifs is 1. The van der Waals surface area contributed by atoms with E-state index in [4.69, 9.17) is 0 Å². The van der Waals surface area contributed by atoms with Crippen LogP contribution in [0.15, 0.2) is 48.5 Å². The molecule has 0 bridgehead atoms. The average Bonchev–Trinajstić information content (AvgIpc) is 3.02. The molecule has 6 nitrogen and oxygen atoms in total. The third kappa shape index (κ3) is 4.54. The number of urea groups is 1. The van der Waals surface area contributed by atoms with Crippen LogP contribution < -0.4 is 16.0 Å². The minimum atomic E-state index is -0.290. The van der Waals surface area contributed by atoms with E-state index in [2.05, 4.69) is 20.9 Å². The number of thiazole rings is 1. The Balaban J connectivity index is 1.42. The molecule has 2 aromatic carbocycles. The second kappa shape index (κ2) is 7.76. The first-order chi connectivity index (χ1) is 12.1. The van der Waals surface area contributed by atoms with Gasteiger partial charge in [-0.1, -0.05) is 23.5 Å². The lowest BCUT2D eigenvalue weighted by molar-refractivity contribution is 0.101. The Morgan fingerprint density at radius 3 is 2.52 bits per heavy atom. The summed E-state index contributed by atoms with van der Waals surface area (Å²) in [4.78, 5) is 27.5. The quantitative estimate of drug-likeness (QED) is 0.465. The van der Waals surface area contributed by atoms with Gasteiger partial charge in [0.2, 0.25) is 0 Å². The Kier molecular flexibility index (Phi) is 5.25. The van der Waals surface area contributed by atoms with Crippen LogP contribution in [0.3, 0.4) is 0 Å². The van der Waals surface area contributed by atoms with Crippen molar-refractivity contribution in [1.82, 2.24) is 10.3 Å². The number of rotatable bonds is 6. The molecule has 25 heavy (non-hydrogen) atoms. The molecule has 3 rings (SSSR count). The maximum Gasteiger partial charge on any atom is 0.319 e. The minimum absolute atomic E-state index is 0.00285. The van der Waals surface area contributed by atoms with Crippen LogP contribution in [-0.2, 0) is 0 Å². The fourth-order valence-electron chi connectivity index (χ4n) is 2.26. The molecule has 3 aromatic rings. The normalized spacial score (nSPS) is 10.4. The lowest BCUT2D eigenvalue weighted by atomic mass is 10.1. The number of nitrogens with zero attached hydrogens (tertiary/aromatic N) is 1. The van der Waals surface area contributed by atoms with Gasteiger partial charge < -0.3 is 16.0 Å². The number of ketones is 1. The molecule has 0 spiro atoms. The summed E-state index contributed by atoms with van der Waals surface area (Å²) >= 11 is 1.58. The van der Waals surface area contributed by atoms with E-state index in [0.717, 1.165) is 15.3 Å². The minimum Gasteiger partial charge on any atom is -0.360 e. The fourth-order valence-corrected chi connectivity index (χ4v) is 3.15. The van der Waals surface area contributed by atoms with Crippen LogP contribution in [0.2, 0.25) is 0 Å². The molecule has 0 aliphatic rings. The van der Waals surface area contributed by atoms with Crippen LogP contribution in [-0.4, -0.2) is 29.9 Å². The predicted octanol–water partition coefficient (Wildman–Crippen LogP) is 3.73. The van der Waals surface area contributed by atoms with Crippen LogP contribution in [0.5, 0.6) is 0 Å². The second-order valence-corrected chi connectivity index (χ2v) is 6.46. The highest BCUT2D eigenvalue weighted by atomic mass is 32.1. The molecule has 7 heteroatoms. The molecule has 0 atom stereocenters. The molecule has 2 amide bonds.